The van der Waals surface area contributed by atoms with Crippen molar-refractivity contribution in [2.45, 2.75) is 11.4 Å². The molecule has 5 nitrogen and oxygen atoms in total. The van der Waals surface area contributed by atoms with Crippen LogP contribution in [0, 0.1) is 0 Å². The summed E-state index contributed by atoms with van der Waals surface area (Å²) in [4.78, 5) is 5.07. The highest BCUT2D eigenvalue weighted by Crippen LogP contribution is 2.21. The van der Waals surface area contributed by atoms with Crippen molar-refractivity contribution in [3.8, 4) is 0 Å². The zero-order chi connectivity index (χ0) is 13.9. The Morgan fingerprint density at radius 1 is 1.47 bits per heavy atom. The number of nitrogens with one attached hydrogen (secondary N) is 2. The molecule has 19 heavy (non-hydrogen) atoms. The highest BCUT2D eigenvalue weighted by molar-refractivity contribution is 9.10. The van der Waals surface area contributed by atoms with Gasteiger partial charge in [-0.1, -0.05) is 0 Å². The van der Waals surface area contributed by atoms with Gasteiger partial charge >= 0.3 is 0 Å². The second-order valence-corrected chi connectivity index (χ2v) is 7.30. The van der Waals surface area contributed by atoms with E-state index < -0.39 is 10.0 Å². The van der Waals surface area contributed by atoms with E-state index in [1.54, 1.807) is 19.3 Å². The molecule has 0 fully saturated rings. The Kier molecular flexibility index (Phi) is 4.56. The van der Waals surface area contributed by atoms with Crippen molar-refractivity contribution in [1.29, 1.82) is 0 Å². The van der Waals surface area contributed by atoms with E-state index in [-0.39, 0.29) is 11.4 Å². The van der Waals surface area contributed by atoms with E-state index in [0.29, 0.717) is 5.82 Å². The lowest BCUT2D eigenvalue weighted by Gasteiger charge is -2.09. The number of sulfonamides is 1. The summed E-state index contributed by atoms with van der Waals surface area (Å²) < 4.78 is 27.9. The Hall–Kier alpha value is -0.960. The second-order valence-electron chi connectivity index (χ2n) is 3.66. The lowest BCUT2D eigenvalue weighted by atomic mass is 10.5. The first-order chi connectivity index (χ1) is 9.03. The number of hydrogen-bond acceptors (Lipinski definition) is 5. The van der Waals surface area contributed by atoms with E-state index in [4.69, 9.17) is 0 Å². The Morgan fingerprint density at radius 3 is 2.89 bits per heavy atom. The largest absolute Gasteiger partial charge is 0.372 e. The molecule has 0 aromatic carbocycles. The molecule has 2 rings (SSSR count). The fourth-order valence-electron chi connectivity index (χ4n) is 1.49. The summed E-state index contributed by atoms with van der Waals surface area (Å²) in [7, 11) is -1.94. The number of halogens is 1. The molecule has 0 aliphatic rings. The van der Waals surface area contributed by atoms with Crippen LogP contribution in [0.4, 0.5) is 5.82 Å². The van der Waals surface area contributed by atoms with Crippen molar-refractivity contribution in [3.05, 3.63) is 39.1 Å². The van der Waals surface area contributed by atoms with Gasteiger partial charge in [-0.3, -0.25) is 0 Å². The van der Waals surface area contributed by atoms with Crippen LogP contribution in [0.5, 0.6) is 0 Å². The zero-order valence-electron chi connectivity index (χ0n) is 10.1. The normalized spacial score (nSPS) is 11.5. The number of pyridine rings is 1. The number of rotatable bonds is 5. The maximum absolute atomic E-state index is 12.2. The van der Waals surface area contributed by atoms with E-state index in [1.807, 2.05) is 11.4 Å². The van der Waals surface area contributed by atoms with Crippen LogP contribution in [0.25, 0.3) is 0 Å². The molecule has 0 aliphatic heterocycles. The van der Waals surface area contributed by atoms with Crippen LogP contribution in [0.2, 0.25) is 0 Å². The Balaban J connectivity index is 2.18. The zero-order valence-corrected chi connectivity index (χ0v) is 13.3. The van der Waals surface area contributed by atoms with Crippen LogP contribution in [0.15, 0.2) is 39.1 Å². The minimum Gasteiger partial charge on any atom is -0.372 e. The predicted molar refractivity (Wildman–Crippen MR) is 79.8 cm³/mol. The lowest BCUT2D eigenvalue weighted by molar-refractivity contribution is 0.582. The summed E-state index contributed by atoms with van der Waals surface area (Å²) in [6, 6.07) is 5.00. The summed E-state index contributed by atoms with van der Waals surface area (Å²) in [6.45, 7) is 0.261. The molecule has 2 aromatic rings. The lowest BCUT2D eigenvalue weighted by Crippen LogP contribution is -2.24. The van der Waals surface area contributed by atoms with Crippen molar-refractivity contribution in [2.24, 2.45) is 0 Å². The number of anilines is 1. The predicted octanol–water partition coefficient (Wildman–Crippen LogP) is 2.43. The monoisotopic (exact) mass is 361 g/mol. The molecule has 0 saturated heterocycles. The Morgan fingerprint density at radius 2 is 2.26 bits per heavy atom. The van der Waals surface area contributed by atoms with Crippen molar-refractivity contribution in [1.82, 2.24) is 9.71 Å². The van der Waals surface area contributed by atoms with E-state index in [0.717, 1.165) is 9.35 Å². The molecule has 0 amide bonds. The number of thiophene rings is 1. The molecule has 8 heteroatoms. The van der Waals surface area contributed by atoms with Gasteiger partial charge in [0.25, 0.3) is 0 Å². The molecule has 2 heterocycles. The van der Waals surface area contributed by atoms with Crippen molar-refractivity contribution in [2.75, 3.05) is 12.4 Å². The van der Waals surface area contributed by atoms with Gasteiger partial charge in [-0.2, -0.15) is 0 Å². The molecule has 2 N–H and O–H groups in total. The van der Waals surface area contributed by atoms with E-state index >= 15 is 0 Å². The first-order valence-electron chi connectivity index (χ1n) is 5.38. The first kappa shape index (κ1) is 14.4. The Bertz CT molecular complexity index is 670. The van der Waals surface area contributed by atoms with Gasteiger partial charge in [0.2, 0.25) is 10.0 Å². The summed E-state index contributed by atoms with van der Waals surface area (Å²) in [5.74, 6) is 0.336. The van der Waals surface area contributed by atoms with Gasteiger partial charge < -0.3 is 5.32 Å². The standard InChI is InChI=1S/C11H12BrN3O2S2/c1-13-11-10(3-2-4-14-11)19(16,17)15-6-9-5-8(12)7-18-9/h2-5,7,15H,6H2,1H3,(H,13,14). The fourth-order valence-corrected chi connectivity index (χ4v) is 4.14. The molecule has 0 spiro atoms. The summed E-state index contributed by atoms with van der Waals surface area (Å²) in [5.41, 5.74) is 0. The van der Waals surface area contributed by atoms with E-state index in [1.165, 1.54) is 17.4 Å². The average molecular weight is 362 g/mol. The summed E-state index contributed by atoms with van der Waals surface area (Å²) >= 11 is 4.82. The minimum absolute atomic E-state index is 0.146. The molecule has 102 valence electrons. The van der Waals surface area contributed by atoms with Gasteiger partial charge in [-0.25, -0.2) is 18.1 Å². The molecule has 2 aromatic heterocycles. The van der Waals surface area contributed by atoms with Crippen LogP contribution in [-0.4, -0.2) is 20.4 Å². The smallest absolute Gasteiger partial charge is 0.244 e. The van der Waals surface area contributed by atoms with Crippen LogP contribution < -0.4 is 10.0 Å². The molecule has 0 aliphatic carbocycles. The average Bonchev–Trinajstić information content (AvgIpc) is 2.82. The van der Waals surface area contributed by atoms with E-state index in [9.17, 15) is 8.42 Å². The maximum Gasteiger partial charge on any atom is 0.244 e. The molecule has 0 radical (unpaired) electrons. The highest BCUT2D eigenvalue weighted by atomic mass is 79.9. The van der Waals surface area contributed by atoms with Crippen LogP contribution >= 0.6 is 27.3 Å². The molecule has 0 saturated carbocycles. The van der Waals surface area contributed by atoms with Crippen molar-refractivity contribution >= 4 is 43.1 Å². The first-order valence-corrected chi connectivity index (χ1v) is 8.54. The topological polar surface area (TPSA) is 71.1 Å². The van der Waals surface area contributed by atoms with Crippen LogP contribution in [-0.2, 0) is 16.6 Å². The quantitative estimate of drug-likeness (QED) is 0.857. The van der Waals surface area contributed by atoms with Crippen LogP contribution in [0.1, 0.15) is 4.88 Å². The minimum atomic E-state index is -3.58. The second kappa shape index (κ2) is 6.00. The van der Waals surface area contributed by atoms with Crippen molar-refractivity contribution < 1.29 is 8.42 Å². The SMILES string of the molecule is CNc1ncccc1S(=O)(=O)NCc1cc(Br)cs1. The maximum atomic E-state index is 12.2. The van der Waals surface area contributed by atoms with Gasteiger partial charge in [-0.15, -0.1) is 11.3 Å². The van der Waals surface area contributed by atoms with Crippen LogP contribution in [0.3, 0.4) is 0 Å². The third-order valence-corrected chi connectivity index (χ3v) is 5.49. The fraction of sp³-hybridized carbons (Fsp3) is 0.182. The third kappa shape index (κ3) is 3.53. The van der Waals surface area contributed by atoms with E-state index in [2.05, 4.69) is 31.0 Å². The van der Waals surface area contributed by atoms with Crippen molar-refractivity contribution in [3.63, 3.8) is 0 Å². The summed E-state index contributed by atoms with van der Waals surface area (Å²) in [6.07, 6.45) is 1.54. The molecule has 0 bridgehead atoms. The molecule has 0 atom stereocenters. The third-order valence-electron chi connectivity index (χ3n) is 2.36. The molecular weight excluding hydrogens is 350 g/mol. The van der Waals surface area contributed by atoms with Gasteiger partial charge in [0.15, 0.2) is 0 Å². The summed E-state index contributed by atoms with van der Waals surface area (Å²) in [5, 5.41) is 4.68. The number of nitrogens with zero attached hydrogens (tertiary/aromatic N) is 1. The van der Waals surface area contributed by atoms with Gasteiger partial charge in [0.05, 0.1) is 0 Å². The molecular formula is C11H12BrN3O2S2. The highest BCUT2D eigenvalue weighted by Gasteiger charge is 2.18. The number of hydrogen-bond donors (Lipinski definition) is 2. The number of aromatic nitrogens is 1. The Labute approximate surface area is 124 Å². The molecule has 0 unspecified atom stereocenters. The van der Waals surface area contributed by atoms with Gasteiger partial charge in [0.1, 0.15) is 10.7 Å². The van der Waals surface area contributed by atoms with Gasteiger partial charge in [-0.05, 0) is 34.1 Å². The van der Waals surface area contributed by atoms with Gasteiger partial charge in [0, 0.05) is 34.5 Å².